The standard InChI is InChI=1S/C16H12N2O8/c1-25-10-5-3-9(4-6-10)15(19)16(20)11-7-8-12(26-2)14(18(23)24)13(11)17(21)22/h3-8H,1-2H3. The average Bonchev–Trinajstić information content (AvgIpc) is 2.65. The first kappa shape index (κ1) is 18.5. The first-order chi connectivity index (χ1) is 12.3. The van der Waals surface area contributed by atoms with Gasteiger partial charge >= 0.3 is 11.4 Å². The van der Waals surface area contributed by atoms with E-state index in [1.807, 2.05) is 0 Å². The highest BCUT2D eigenvalue weighted by Crippen LogP contribution is 2.39. The van der Waals surface area contributed by atoms with E-state index in [4.69, 9.17) is 9.47 Å². The van der Waals surface area contributed by atoms with Crippen LogP contribution in [-0.2, 0) is 0 Å². The number of hydrogen-bond acceptors (Lipinski definition) is 8. The molecule has 134 valence electrons. The number of hydrogen-bond donors (Lipinski definition) is 0. The van der Waals surface area contributed by atoms with Crippen LogP contribution < -0.4 is 9.47 Å². The molecule has 0 saturated carbocycles. The summed E-state index contributed by atoms with van der Waals surface area (Å²) in [7, 11) is 2.51. The zero-order valence-electron chi connectivity index (χ0n) is 13.6. The number of nitro benzene ring substituents is 2. The van der Waals surface area contributed by atoms with Crippen LogP contribution in [0.5, 0.6) is 11.5 Å². The van der Waals surface area contributed by atoms with Gasteiger partial charge in [0.25, 0.3) is 0 Å². The lowest BCUT2D eigenvalue weighted by Crippen LogP contribution is -2.17. The van der Waals surface area contributed by atoms with Gasteiger partial charge in [-0.15, -0.1) is 0 Å². The minimum absolute atomic E-state index is 0.0384. The van der Waals surface area contributed by atoms with Crippen molar-refractivity contribution in [2.24, 2.45) is 0 Å². The van der Waals surface area contributed by atoms with Crippen LogP contribution in [0.25, 0.3) is 0 Å². The van der Waals surface area contributed by atoms with Gasteiger partial charge in [-0.25, -0.2) is 0 Å². The molecule has 10 heteroatoms. The van der Waals surface area contributed by atoms with Crippen molar-refractivity contribution in [1.29, 1.82) is 0 Å². The summed E-state index contributed by atoms with van der Waals surface area (Å²) < 4.78 is 9.68. The Labute approximate surface area is 146 Å². The third kappa shape index (κ3) is 3.34. The molecule has 26 heavy (non-hydrogen) atoms. The van der Waals surface area contributed by atoms with Crippen LogP contribution in [0.2, 0.25) is 0 Å². The monoisotopic (exact) mass is 360 g/mol. The molecular formula is C16H12N2O8. The Hall–Kier alpha value is -3.82. The molecule has 0 heterocycles. The molecule has 0 N–H and O–H groups in total. The third-order valence-corrected chi connectivity index (χ3v) is 3.50. The number of rotatable bonds is 7. The highest BCUT2D eigenvalue weighted by atomic mass is 16.6. The number of Topliss-reactive ketones (excluding diaryl/α,β-unsaturated/α-hetero) is 2. The van der Waals surface area contributed by atoms with Crippen molar-refractivity contribution < 1.29 is 28.9 Å². The predicted octanol–water partition coefficient (Wildman–Crippen LogP) is 2.59. The summed E-state index contributed by atoms with van der Waals surface area (Å²) in [4.78, 5) is 45.2. The van der Waals surface area contributed by atoms with Crippen LogP contribution in [0.1, 0.15) is 20.7 Å². The molecule has 0 aromatic heterocycles. The Bertz CT molecular complexity index is 905. The van der Waals surface area contributed by atoms with Crippen LogP contribution >= 0.6 is 0 Å². The number of carbonyl (C=O) groups is 2. The maximum absolute atomic E-state index is 12.5. The second-order valence-corrected chi connectivity index (χ2v) is 4.91. The highest BCUT2D eigenvalue weighted by Gasteiger charge is 2.37. The Kier molecular flexibility index (Phi) is 5.26. The second-order valence-electron chi connectivity index (χ2n) is 4.91. The molecule has 2 aromatic carbocycles. The Morgan fingerprint density at radius 1 is 0.808 bits per heavy atom. The molecule has 0 saturated heterocycles. The topological polar surface area (TPSA) is 139 Å². The van der Waals surface area contributed by atoms with Gasteiger partial charge < -0.3 is 9.47 Å². The molecule has 2 aromatic rings. The summed E-state index contributed by atoms with van der Waals surface area (Å²) in [5.41, 5.74) is -2.82. The van der Waals surface area contributed by atoms with Gasteiger partial charge in [-0.1, -0.05) is 0 Å². The van der Waals surface area contributed by atoms with Crippen LogP contribution in [0.15, 0.2) is 36.4 Å². The maximum atomic E-state index is 12.5. The molecule has 0 unspecified atom stereocenters. The molecule has 0 aliphatic rings. The fourth-order valence-corrected chi connectivity index (χ4v) is 2.27. The lowest BCUT2D eigenvalue weighted by atomic mass is 9.99. The zero-order valence-corrected chi connectivity index (χ0v) is 13.6. The van der Waals surface area contributed by atoms with E-state index in [1.165, 1.54) is 31.4 Å². The molecule has 0 aliphatic heterocycles. The van der Waals surface area contributed by atoms with Gasteiger partial charge in [-0.3, -0.25) is 29.8 Å². The van der Waals surface area contributed by atoms with Crippen LogP contribution in [0.4, 0.5) is 11.4 Å². The summed E-state index contributed by atoms with van der Waals surface area (Å²) in [6.45, 7) is 0. The van der Waals surface area contributed by atoms with E-state index in [2.05, 4.69) is 0 Å². The number of nitrogens with zero attached hydrogens (tertiary/aromatic N) is 2. The van der Waals surface area contributed by atoms with Crippen molar-refractivity contribution in [2.45, 2.75) is 0 Å². The van der Waals surface area contributed by atoms with Crippen molar-refractivity contribution >= 4 is 22.9 Å². The van der Waals surface area contributed by atoms with Gasteiger partial charge in [-0.2, -0.15) is 0 Å². The summed E-state index contributed by atoms with van der Waals surface area (Å²) >= 11 is 0. The van der Waals surface area contributed by atoms with E-state index in [0.29, 0.717) is 5.75 Å². The van der Waals surface area contributed by atoms with E-state index in [9.17, 15) is 29.8 Å². The van der Waals surface area contributed by atoms with Crippen molar-refractivity contribution in [3.63, 3.8) is 0 Å². The lowest BCUT2D eigenvalue weighted by molar-refractivity contribution is -0.423. The number of methoxy groups -OCH3 is 2. The molecule has 0 amide bonds. The predicted molar refractivity (Wildman–Crippen MR) is 88.0 cm³/mol. The van der Waals surface area contributed by atoms with E-state index in [1.54, 1.807) is 0 Å². The van der Waals surface area contributed by atoms with Crippen LogP contribution in [0.3, 0.4) is 0 Å². The van der Waals surface area contributed by atoms with Crippen molar-refractivity contribution in [3.8, 4) is 11.5 Å². The van der Waals surface area contributed by atoms with Crippen LogP contribution in [-0.4, -0.2) is 35.6 Å². The van der Waals surface area contributed by atoms with Crippen LogP contribution in [0, 0.1) is 20.2 Å². The van der Waals surface area contributed by atoms with Crippen molar-refractivity contribution in [1.82, 2.24) is 0 Å². The molecule has 2 rings (SSSR count). The molecular weight excluding hydrogens is 348 g/mol. The van der Waals surface area contributed by atoms with Gasteiger partial charge in [0.2, 0.25) is 17.3 Å². The zero-order chi connectivity index (χ0) is 19.4. The molecule has 0 atom stereocenters. The maximum Gasteiger partial charge on any atom is 0.388 e. The Balaban J connectivity index is 2.57. The second kappa shape index (κ2) is 7.38. The van der Waals surface area contributed by atoms with E-state index < -0.39 is 44.1 Å². The first-order valence-electron chi connectivity index (χ1n) is 7.04. The number of carbonyl (C=O) groups excluding carboxylic acids is 2. The van der Waals surface area contributed by atoms with Gasteiger partial charge in [-0.05, 0) is 36.4 Å². The minimum atomic E-state index is -1.24. The third-order valence-electron chi connectivity index (χ3n) is 3.50. The smallest absolute Gasteiger partial charge is 0.388 e. The quantitative estimate of drug-likeness (QED) is 0.318. The van der Waals surface area contributed by atoms with E-state index in [0.717, 1.165) is 19.2 Å². The fourth-order valence-electron chi connectivity index (χ4n) is 2.27. The average molecular weight is 360 g/mol. The molecule has 0 radical (unpaired) electrons. The normalized spacial score (nSPS) is 10.1. The van der Waals surface area contributed by atoms with Crippen molar-refractivity contribution in [2.75, 3.05) is 14.2 Å². The molecule has 0 bridgehead atoms. The fraction of sp³-hybridized carbons (Fsp3) is 0.125. The largest absolute Gasteiger partial charge is 0.497 e. The first-order valence-corrected chi connectivity index (χ1v) is 7.04. The summed E-state index contributed by atoms with van der Waals surface area (Å²) in [6.07, 6.45) is 0. The number of benzene rings is 2. The molecule has 10 nitrogen and oxygen atoms in total. The summed E-state index contributed by atoms with van der Waals surface area (Å²) in [5, 5.41) is 22.5. The highest BCUT2D eigenvalue weighted by molar-refractivity contribution is 6.50. The van der Waals surface area contributed by atoms with Gasteiger partial charge in [0.1, 0.15) is 11.3 Å². The van der Waals surface area contributed by atoms with Gasteiger partial charge in [0.15, 0.2) is 0 Å². The molecule has 0 fully saturated rings. The molecule has 0 aliphatic carbocycles. The van der Waals surface area contributed by atoms with E-state index in [-0.39, 0.29) is 5.56 Å². The van der Waals surface area contributed by atoms with E-state index >= 15 is 0 Å². The van der Waals surface area contributed by atoms with Gasteiger partial charge in [0.05, 0.1) is 24.1 Å². The van der Waals surface area contributed by atoms with Gasteiger partial charge in [0, 0.05) is 5.56 Å². The SMILES string of the molecule is COc1ccc(C(=O)C(=O)c2ccc(OC)c([N+](=O)[O-])c2[N+](=O)[O-])cc1. The Morgan fingerprint density at radius 3 is 1.85 bits per heavy atom. The number of ketones is 2. The number of nitro groups is 2. The summed E-state index contributed by atoms with van der Waals surface area (Å²) in [5.74, 6) is -2.24. The minimum Gasteiger partial charge on any atom is -0.497 e. The molecule has 0 spiro atoms. The lowest BCUT2D eigenvalue weighted by Gasteiger charge is -2.06. The summed E-state index contributed by atoms with van der Waals surface area (Å²) in [6, 6.07) is 7.47. The number of ether oxygens (including phenoxy) is 2. The van der Waals surface area contributed by atoms with Crippen molar-refractivity contribution in [3.05, 3.63) is 67.8 Å². The Morgan fingerprint density at radius 2 is 1.38 bits per heavy atom.